The first-order chi connectivity index (χ1) is 6.65. The molecule has 1 atom stereocenters. The molecule has 2 N–H and O–H groups in total. The van der Waals surface area contributed by atoms with Crippen molar-refractivity contribution in [2.45, 2.75) is 26.4 Å². The largest absolute Gasteiger partial charge is 0.376 e. The van der Waals surface area contributed by atoms with Crippen molar-refractivity contribution in [3.05, 3.63) is 0 Å². The third-order valence-electron chi connectivity index (χ3n) is 2.58. The van der Waals surface area contributed by atoms with Gasteiger partial charge in [0.2, 0.25) is 5.91 Å². The summed E-state index contributed by atoms with van der Waals surface area (Å²) in [5.41, 5.74) is 5.34. The number of carbonyl (C=O) groups excluding carboxylic acids is 1. The maximum atomic E-state index is 11.4. The Kier molecular flexibility index (Phi) is 4.35. The van der Waals surface area contributed by atoms with Crippen LogP contribution in [0.1, 0.15) is 20.3 Å². The molecule has 14 heavy (non-hydrogen) atoms. The van der Waals surface area contributed by atoms with Crippen LogP contribution in [0, 0.1) is 5.92 Å². The maximum Gasteiger partial charge on any atom is 0.236 e. The Hall–Kier alpha value is -0.610. The Bertz CT molecular complexity index is 195. The zero-order chi connectivity index (χ0) is 10.6. The van der Waals surface area contributed by atoms with E-state index in [0.29, 0.717) is 12.5 Å². The molecule has 4 nitrogen and oxygen atoms in total. The molecule has 0 aliphatic carbocycles. The van der Waals surface area contributed by atoms with Gasteiger partial charge in [-0.25, -0.2) is 0 Å². The smallest absolute Gasteiger partial charge is 0.236 e. The van der Waals surface area contributed by atoms with Crippen LogP contribution in [0.5, 0.6) is 0 Å². The molecule has 4 heteroatoms. The fourth-order valence-electron chi connectivity index (χ4n) is 1.61. The van der Waals surface area contributed by atoms with Gasteiger partial charge in [0.05, 0.1) is 12.6 Å². The molecule has 0 aromatic rings. The van der Waals surface area contributed by atoms with Crippen LogP contribution in [0.4, 0.5) is 0 Å². The van der Waals surface area contributed by atoms with Crippen LogP contribution < -0.4 is 5.73 Å². The minimum absolute atomic E-state index is 0.0288. The molecule has 0 aromatic carbocycles. The molecule has 1 saturated heterocycles. The predicted octanol–water partition coefficient (Wildman–Crippen LogP) is 0.219. The van der Waals surface area contributed by atoms with Gasteiger partial charge in [-0.05, 0) is 12.3 Å². The highest BCUT2D eigenvalue weighted by Crippen LogP contribution is 2.13. The second-order valence-corrected chi connectivity index (χ2v) is 4.05. The number of nitrogens with two attached hydrogens (primary N) is 1. The molecule has 1 aliphatic rings. The predicted molar refractivity (Wildman–Crippen MR) is 54.8 cm³/mol. The van der Waals surface area contributed by atoms with Crippen molar-refractivity contribution < 1.29 is 9.53 Å². The number of ether oxygens (including phenoxy) is 1. The van der Waals surface area contributed by atoms with Gasteiger partial charge in [-0.15, -0.1) is 0 Å². The van der Waals surface area contributed by atoms with Crippen molar-refractivity contribution in [2.75, 3.05) is 26.2 Å². The molecule has 1 aliphatic heterocycles. The third kappa shape index (κ3) is 2.96. The summed E-state index contributed by atoms with van der Waals surface area (Å²) in [6, 6.07) is 0. The Morgan fingerprint density at radius 2 is 2.36 bits per heavy atom. The van der Waals surface area contributed by atoms with E-state index >= 15 is 0 Å². The van der Waals surface area contributed by atoms with Crippen LogP contribution in [0.25, 0.3) is 0 Å². The average molecular weight is 200 g/mol. The van der Waals surface area contributed by atoms with E-state index in [1.165, 1.54) is 0 Å². The van der Waals surface area contributed by atoms with Gasteiger partial charge in [0.25, 0.3) is 0 Å². The summed E-state index contributed by atoms with van der Waals surface area (Å²) in [6.07, 6.45) is 1.07. The highest BCUT2D eigenvalue weighted by atomic mass is 16.5. The Morgan fingerprint density at radius 1 is 1.64 bits per heavy atom. The number of carbonyl (C=O) groups is 1. The first-order valence-electron chi connectivity index (χ1n) is 5.24. The molecule has 1 amide bonds. The molecule has 0 spiro atoms. The van der Waals surface area contributed by atoms with E-state index in [-0.39, 0.29) is 18.6 Å². The number of rotatable bonds is 2. The molecule has 0 aromatic heterocycles. The molecule has 1 fully saturated rings. The Morgan fingerprint density at radius 3 is 2.93 bits per heavy atom. The van der Waals surface area contributed by atoms with Gasteiger partial charge in [-0.3, -0.25) is 4.79 Å². The Balaban J connectivity index is 2.55. The molecule has 1 heterocycles. The molecular formula is C10H20N2O2. The Labute approximate surface area is 85.4 Å². The lowest BCUT2D eigenvalue weighted by atomic mass is 10.1. The maximum absolute atomic E-state index is 11.4. The molecule has 0 bridgehead atoms. The minimum Gasteiger partial charge on any atom is -0.376 e. The van der Waals surface area contributed by atoms with Gasteiger partial charge < -0.3 is 15.4 Å². The van der Waals surface area contributed by atoms with Crippen LogP contribution in [-0.4, -0.2) is 43.2 Å². The summed E-state index contributed by atoms with van der Waals surface area (Å²) in [5, 5.41) is 0. The third-order valence-corrected chi connectivity index (χ3v) is 2.58. The lowest BCUT2D eigenvalue weighted by Gasteiger charge is -2.25. The van der Waals surface area contributed by atoms with Crippen molar-refractivity contribution in [2.24, 2.45) is 11.7 Å². The fourth-order valence-corrected chi connectivity index (χ4v) is 1.61. The summed E-state index contributed by atoms with van der Waals surface area (Å²) < 4.78 is 5.65. The van der Waals surface area contributed by atoms with Crippen molar-refractivity contribution in [3.63, 3.8) is 0 Å². The monoisotopic (exact) mass is 200 g/mol. The van der Waals surface area contributed by atoms with E-state index in [4.69, 9.17) is 10.5 Å². The summed E-state index contributed by atoms with van der Waals surface area (Å²) in [5.74, 6) is 0.474. The van der Waals surface area contributed by atoms with Gasteiger partial charge >= 0.3 is 0 Å². The highest BCUT2D eigenvalue weighted by molar-refractivity contribution is 5.78. The van der Waals surface area contributed by atoms with E-state index in [0.717, 1.165) is 19.6 Å². The van der Waals surface area contributed by atoms with Crippen LogP contribution in [0.3, 0.4) is 0 Å². The average Bonchev–Trinajstić information content (AvgIpc) is 2.41. The summed E-state index contributed by atoms with van der Waals surface area (Å²) in [7, 11) is 0. The normalized spacial score (nSPS) is 23.7. The van der Waals surface area contributed by atoms with Crippen LogP contribution in [0.15, 0.2) is 0 Å². The first kappa shape index (κ1) is 11.5. The fraction of sp³-hybridized carbons (Fsp3) is 0.900. The van der Waals surface area contributed by atoms with E-state index in [1.54, 1.807) is 0 Å². The SMILES string of the molecule is CC(C)C1CN(C(=O)CN)CCCO1. The topological polar surface area (TPSA) is 55.6 Å². The van der Waals surface area contributed by atoms with Crippen molar-refractivity contribution in [3.8, 4) is 0 Å². The molecular weight excluding hydrogens is 180 g/mol. The van der Waals surface area contributed by atoms with E-state index in [1.807, 2.05) is 4.90 Å². The standard InChI is InChI=1S/C10H20N2O2/c1-8(2)9-7-12(10(13)6-11)4-3-5-14-9/h8-9H,3-7,11H2,1-2H3. The quantitative estimate of drug-likeness (QED) is 0.693. The van der Waals surface area contributed by atoms with Gasteiger partial charge in [-0.1, -0.05) is 13.8 Å². The van der Waals surface area contributed by atoms with Gasteiger partial charge in [0.15, 0.2) is 0 Å². The van der Waals surface area contributed by atoms with Gasteiger partial charge in [0, 0.05) is 19.7 Å². The van der Waals surface area contributed by atoms with Crippen molar-refractivity contribution >= 4 is 5.91 Å². The van der Waals surface area contributed by atoms with Gasteiger partial charge in [0.1, 0.15) is 0 Å². The highest BCUT2D eigenvalue weighted by Gasteiger charge is 2.23. The number of nitrogens with zero attached hydrogens (tertiary/aromatic N) is 1. The lowest BCUT2D eigenvalue weighted by Crippen LogP contribution is -2.41. The zero-order valence-electron chi connectivity index (χ0n) is 9.03. The second-order valence-electron chi connectivity index (χ2n) is 4.05. The van der Waals surface area contributed by atoms with Crippen molar-refractivity contribution in [1.82, 2.24) is 4.90 Å². The number of amides is 1. The molecule has 82 valence electrons. The molecule has 1 unspecified atom stereocenters. The van der Waals surface area contributed by atoms with Crippen LogP contribution >= 0.6 is 0 Å². The van der Waals surface area contributed by atoms with Crippen LogP contribution in [0.2, 0.25) is 0 Å². The summed E-state index contributed by atoms with van der Waals surface area (Å²) >= 11 is 0. The zero-order valence-corrected chi connectivity index (χ0v) is 9.03. The first-order valence-corrected chi connectivity index (χ1v) is 5.24. The lowest BCUT2D eigenvalue weighted by molar-refractivity contribution is -0.130. The minimum atomic E-state index is 0.0288. The van der Waals surface area contributed by atoms with Gasteiger partial charge in [-0.2, -0.15) is 0 Å². The van der Waals surface area contributed by atoms with E-state index < -0.39 is 0 Å². The molecule has 1 rings (SSSR count). The van der Waals surface area contributed by atoms with E-state index in [2.05, 4.69) is 13.8 Å². The molecule has 0 radical (unpaired) electrons. The summed E-state index contributed by atoms with van der Waals surface area (Å²) in [6.45, 7) is 6.54. The van der Waals surface area contributed by atoms with Crippen LogP contribution in [-0.2, 0) is 9.53 Å². The summed E-state index contributed by atoms with van der Waals surface area (Å²) in [4.78, 5) is 13.3. The number of hydrogen-bond donors (Lipinski definition) is 1. The van der Waals surface area contributed by atoms with Crippen molar-refractivity contribution in [1.29, 1.82) is 0 Å². The van der Waals surface area contributed by atoms with E-state index in [9.17, 15) is 4.79 Å². The second kappa shape index (κ2) is 5.32. The molecule has 0 saturated carbocycles. The number of hydrogen-bond acceptors (Lipinski definition) is 3.